The van der Waals surface area contributed by atoms with Crippen molar-refractivity contribution in [1.82, 2.24) is 4.90 Å². The first kappa shape index (κ1) is 22.8. The predicted octanol–water partition coefficient (Wildman–Crippen LogP) is 4.16. The van der Waals surface area contributed by atoms with Gasteiger partial charge in [0.05, 0.1) is 25.3 Å². The summed E-state index contributed by atoms with van der Waals surface area (Å²) in [6, 6.07) is 19.1. The fraction of sp³-hybridized carbons (Fsp3) is 0.148. The molecule has 34 heavy (non-hydrogen) atoms. The van der Waals surface area contributed by atoms with E-state index in [0.717, 1.165) is 11.1 Å². The Morgan fingerprint density at radius 1 is 0.853 bits per heavy atom. The normalized spacial score (nSPS) is 12.7. The maximum atomic E-state index is 12.5. The minimum absolute atomic E-state index is 0.271. The number of amides is 2. The molecule has 1 aliphatic heterocycles. The molecule has 0 aromatic heterocycles. The summed E-state index contributed by atoms with van der Waals surface area (Å²) in [6.45, 7) is 0.277. The van der Waals surface area contributed by atoms with E-state index in [1.54, 1.807) is 87.0 Å². The Kier molecular flexibility index (Phi) is 6.73. The number of carbonyl (C=O) groups is 3. The Balaban J connectivity index is 1.32. The number of rotatable bonds is 8. The van der Waals surface area contributed by atoms with Crippen LogP contribution in [0.15, 0.2) is 72.8 Å². The van der Waals surface area contributed by atoms with Crippen molar-refractivity contribution < 1.29 is 28.6 Å². The Labute approximate surface area is 197 Å². The summed E-state index contributed by atoms with van der Waals surface area (Å²) < 4.78 is 15.8. The molecule has 4 rings (SSSR count). The highest BCUT2D eigenvalue weighted by atomic mass is 16.5. The average Bonchev–Trinajstić information content (AvgIpc) is 3.11. The second kappa shape index (κ2) is 10.0. The molecule has 0 bridgehead atoms. The molecule has 0 saturated carbocycles. The number of ether oxygens (including phenoxy) is 3. The molecular weight excluding hydrogens is 434 g/mol. The zero-order chi connectivity index (χ0) is 24.1. The molecule has 0 radical (unpaired) electrons. The number of fused-ring (bicyclic) bond motifs is 1. The van der Waals surface area contributed by atoms with Crippen molar-refractivity contribution in [1.29, 1.82) is 0 Å². The summed E-state index contributed by atoms with van der Waals surface area (Å²) in [5.74, 6) is 0.500. The van der Waals surface area contributed by atoms with E-state index < -0.39 is 5.97 Å². The van der Waals surface area contributed by atoms with Crippen molar-refractivity contribution >= 4 is 23.9 Å². The predicted molar refractivity (Wildman–Crippen MR) is 126 cm³/mol. The largest absolute Gasteiger partial charge is 0.493 e. The van der Waals surface area contributed by atoms with Crippen LogP contribution in [-0.2, 0) is 11.2 Å². The van der Waals surface area contributed by atoms with Gasteiger partial charge in [0.1, 0.15) is 5.75 Å². The smallest absolute Gasteiger partial charge is 0.336 e. The van der Waals surface area contributed by atoms with Crippen molar-refractivity contribution in [2.75, 3.05) is 20.8 Å². The third kappa shape index (κ3) is 4.83. The van der Waals surface area contributed by atoms with E-state index in [9.17, 15) is 14.4 Å². The quantitative estimate of drug-likeness (QED) is 0.219. The zero-order valence-corrected chi connectivity index (χ0v) is 18.8. The summed E-state index contributed by atoms with van der Waals surface area (Å²) >= 11 is 0. The molecule has 0 fully saturated rings. The maximum Gasteiger partial charge on any atom is 0.336 e. The molecule has 3 aromatic carbocycles. The molecule has 0 saturated heterocycles. The van der Waals surface area contributed by atoms with E-state index in [1.807, 2.05) is 0 Å². The standard InChI is InChI=1S/C27H23NO6/c1-32-23-13-9-19(17-24(23)33-2)10-14-25(29)34-20-11-7-18(8-12-20)15-16-28-26(30)21-5-3-4-6-22(21)27(28)31/h3-14,17H,15-16H2,1-2H3. The van der Waals surface area contributed by atoms with Crippen molar-refractivity contribution in [3.8, 4) is 17.2 Å². The van der Waals surface area contributed by atoms with Gasteiger partial charge in [0, 0.05) is 12.6 Å². The Bertz CT molecular complexity index is 1230. The first-order valence-electron chi connectivity index (χ1n) is 10.7. The van der Waals surface area contributed by atoms with Crippen LogP contribution in [0.4, 0.5) is 0 Å². The number of methoxy groups -OCH3 is 2. The van der Waals surface area contributed by atoms with E-state index in [4.69, 9.17) is 14.2 Å². The summed E-state index contributed by atoms with van der Waals surface area (Å²) in [5, 5.41) is 0. The van der Waals surface area contributed by atoms with Gasteiger partial charge in [0.2, 0.25) is 0 Å². The van der Waals surface area contributed by atoms with Gasteiger partial charge in [-0.2, -0.15) is 0 Å². The van der Waals surface area contributed by atoms with Crippen LogP contribution in [0.5, 0.6) is 17.2 Å². The molecule has 2 amide bonds. The van der Waals surface area contributed by atoms with E-state index in [0.29, 0.717) is 34.8 Å². The average molecular weight is 457 g/mol. The lowest BCUT2D eigenvalue weighted by molar-refractivity contribution is -0.128. The SMILES string of the molecule is COc1ccc(C=CC(=O)Oc2ccc(CCN3C(=O)c4ccccc4C3=O)cc2)cc1OC. The third-order valence-electron chi connectivity index (χ3n) is 5.46. The zero-order valence-electron chi connectivity index (χ0n) is 18.8. The number of esters is 1. The molecule has 1 heterocycles. The molecule has 0 aliphatic carbocycles. The number of hydrogen-bond donors (Lipinski definition) is 0. The van der Waals surface area contributed by atoms with E-state index in [-0.39, 0.29) is 18.4 Å². The van der Waals surface area contributed by atoms with Gasteiger partial charge in [-0.25, -0.2) is 4.79 Å². The molecule has 0 spiro atoms. The van der Waals surface area contributed by atoms with Gasteiger partial charge in [-0.15, -0.1) is 0 Å². The highest BCUT2D eigenvalue weighted by Gasteiger charge is 2.34. The minimum Gasteiger partial charge on any atom is -0.493 e. The van der Waals surface area contributed by atoms with Crippen LogP contribution >= 0.6 is 0 Å². The lowest BCUT2D eigenvalue weighted by atomic mass is 10.1. The Morgan fingerprint density at radius 3 is 2.12 bits per heavy atom. The van der Waals surface area contributed by atoms with Crippen LogP contribution in [0.25, 0.3) is 6.08 Å². The first-order valence-corrected chi connectivity index (χ1v) is 10.7. The molecule has 7 heteroatoms. The van der Waals surface area contributed by atoms with Crippen LogP contribution in [-0.4, -0.2) is 43.4 Å². The van der Waals surface area contributed by atoms with Crippen molar-refractivity contribution in [2.24, 2.45) is 0 Å². The fourth-order valence-corrected chi connectivity index (χ4v) is 3.68. The fourth-order valence-electron chi connectivity index (χ4n) is 3.68. The summed E-state index contributed by atoms with van der Waals surface area (Å²) in [6.07, 6.45) is 3.46. The van der Waals surface area contributed by atoms with Crippen LogP contribution in [0.3, 0.4) is 0 Å². The van der Waals surface area contributed by atoms with Gasteiger partial charge < -0.3 is 14.2 Å². The number of imide groups is 1. The molecule has 1 aliphatic rings. The third-order valence-corrected chi connectivity index (χ3v) is 5.46. The van der Waals surface area contributed by atoms with Crippen molar-refractivity contribution in [3.05, 3.63) is 95.1 Å². The van der Waals surface area contributed by atoms with Gasteiger partial charge in [-0.3, -0.25) is 14.5 Å². The highest BCUT2D eigenvalue weighted by Crippen LogP contribution is 2.28. The molecule has 3 aromatic rings. The monoisotopic (exact) mass is 457 g/mol. The van der Waals surface area contributed by atoms with Gasteiger partial charge >= 0.3 is 5.97 Å². The maximum absolute atomic E-state index is 12.5. The molecular formula is C27H23NO6. The first-order chi connectivity index (χ1) is 16.5. The Hall–Kier alpha value is -4.39. The topological polar surface area (TPSA) is 82.1 Å². The van der Waals surface area contributed by atoms with E-state index in [2.05, 4.69) is 0 Å². The van der Waals surface area contributed by atoms with Crippen LogP contribution in [0, 0.1) is 0 Å². The number of nitrogens with zero attached hydrogens (tertiary/aromatic N) is 1. The van der Waals surface area contributed by atoms with Crippen LogP contribution in [0.2, 0.25) is 0 Å². The minimum atomic E-state index is -0.520. The van der Waals surface area contributed by atoms with E-state index in [1.165, 1.54) is 11.0 Å². The molecule has 0 N–H and O–H groups in total. The van der Waals surface area contributed by atoms with E-state index >= 15 is 0 Å². The van der Waals surface area contributed by atoms with Crippen LogP contribution in [0.1, 0.15) is 31.8 Å². The molecule has 0 unspecified atom stereocenters. The van der Waals surface area contributed by atoms with Gasteiger partial charge in [-0.1, -0.05) is 30.3 Å². The molecule has 0 atom stereocenters. The summed E-state index contributed by atoms with van der Waals surface area (Å²) in [5.41, 5.74) is 2.56. The summed E-state index contributed by atoms with van der Waals surface area (Å²) in [4.78, 5) is 38.4. The van der Waals surface area contributed by atoms with Gasteiger partial charge in [0.15, 0.2) is 11.5 Å². The number of hydrogen-bond acceptors (Lipinski definition) is 6. The second-order valence-corrected chi connectivity index (χ2v) is 7.57. The van der Waals surface area contributed by atoms with Crippen LogP contribution < -0.4 is 14.2 Å². The number of carbonyl (C=O) groups excluding carboxylic acids is 3. The molecule has 172 valence electrons. The van der Waals surface area contributed by atoms with Crippen molar-refractivity contribution in [2.45, 2.75) is 6.42 Å². The molecule has 7 nitrogen and oxygen atoms in total. The second-order valence-electron chi connectivity index (χ2n) is 7.57. The number of benzene rings is 3. The lowest BCUT2D eigenvalue weighted by Gasteiger charge is -2.13. The lowest BCUT2D eigenvalue weighted by Crippen LogP contribution is -2.31. The van der Waals surface area contributed by atoms with Gasteiger partial charge in [0.25, 0.3) is 11.8 Å². The van der Waals surface area contributed by atoms with Crippen molar-refractivity contribution in [3.63, 3.8) is 0 Å². The summed E-state index contributed by atoms with van der Waals surface area (Å²) in [7, 11) is 3.10. The van der Waals surface area contributed by atoms with Gasteiger partial charge in [-0.05, 0) is 60.0 Å². The highest BCUT2D eigenvalue weighted by molar-refractivity contribution is 6.21. The Morgan fingerprint density at radius 2 is 1.50 bits per heavy atom.